The lowest BCUT2D eigenvalue weighted by molar-refractivity contribution is 0.104. The van der Waals surface area contributed by atoms with Crippen LogP contribution in [0.4, 0.5) is 0 Å². The van der Waals surface area contributed by atoms with E-state index in [0.29, 0.717) is 32.8 Å². The molecule has 0 heterocycles. The number of phenolic OH excluding ortho intramolecular Hbond substituents is 1. The predicted molar refractivity (Wildman–Crippen MR) is 95.3 cm³/mol. The second-order valence-corrected chi connectivity index (χ2v) is 5.68. The average Bonchev–Trinajstić information content (AvgIpc) is 2.61. The number of phenols is 1. The van der Waals surface area contributed by atoms with Crippen LogP contribution in [-0.4, -0.2) is 32.2 Å². The van der Waals surface area contributed by atoms with Crippen molar-refractivity contribution < 1.29 is 24.1 Å². The van der Waals surface area contributed by atoms with Crippen LogP contribution in [0.3, 0.4) is 0 Å². The summed E-state index contributed by atoms with van der Waals surface area (Å²) in [6.07, 6.45) is 3.09. The van der Waals surface area contributed by atoms with Crippen molar-refractivity contribution in [1.29, 1.82) is 0 Å². The van der Waals surface area contributed by atoms with Gasteiger partial charge in [-0.05, 0) is 57.9 Å². The Bertz CT molecular complexity index is 783. The van der Waals surface area contributed by atoms with Crippen LogP contribution in [0.1, 0.15) is 15.9 Å². The zero-order valence-electron chi connectivity index (χ0n) is 13.5. The van der Waals surface area contributed by atoms with Gasteiger partial charge in [-0.1, -0.05) is 6.08 Å². The molecule has 5 nitrogen and oxygen atoms in total. The number of carbonyl (C=O) groups is 1. The lowest BCUT2D eigenvalue weighted by Gasteiger charge is -2.08. The highest BCUT2D eigenvalue weighted by Crippen LogP contribution is 2.35. The Morgan fingerprint density at radius 2 is 1.67 bits per heavy atom. The van der Waals surface area contributed by atoms with Crippen molar-refractivity contribution in [2.75, 3.05) is 21.3 Å². The minimum absolute atomic E-state index is 0.0147. The summed E-state index contributed by atoms with van der Waals surface area (Å²) in [5, 5.41) is 9.80. The highest BCUT2D eigenvalue weighted by molar-refractivity contribution is 9.10. The van der Waals surface area contributed by atoms with Gasteiger partial charge in [-0.2, -0.15) is 0 Å². The smallest absolute Gasteiger partial charge is 0.185 e. The molecule has 126 valence electrons. The van der Waals surface area contributed by atoms with Gasteiger partial charge in [0, 0.05) is 5.56 Å². The van der Waals surface area contributed by atoms with E-state index in [0.717, 1.165) is 0 Å². The molecule has 0 atom stereocenters. The van der Waals surface area contributed by atoms with Crippen LogP contribution in [-0.2, 0) is 0 Å². The van der Waals surface area contributed by atoms with Crippen LogP contribution in [0.5, 0.6) is 23.0 Å². The Kier molecular flexibility index (Phi) is 5.87. The number of rotatable bonds is 6. The number of methoxy groups -OCH3 is 3. The van der Waals surface area contributed by atoms with E-state index in [1.807, 2.05) is 0 Å². The van der Waals surface area contributed by atoms with Crippen molar-refractivity contribution in [1.82, 2.24) is 0 Å². The van der Waals surface area contributed by atoms with Gasteiger partial charge in [0.2, 0.25) is 0 Å². The van der Waals surface area contributed by atoms with Crippen molar-refractivity contribution >= 4 is 27.8 Å². The maximum Gasteiger partial charge on any atom is 0.185 e. The molecule has 0 unspecified atom stereocenters. The van der Waals surface area contributed by atoms with Gasteiger partial charge in [0.1, 0.15) is 0 Å². The molecule has 2 rings (SSSR count). The summed E-state index contributed by atoms with van der Waals surface area (Å²) >= 11 is 3.25. The van der Waals surface area contributed by atoms with Crippen molar-refractivity contribution in [3.8, 4) is 23.0 Å². The molecule has 0 bridgehead atoms. The Balaban J connectivity index is 2.26. The minimum atomic E-state index is -0.181. The average molecular weight is 393 g/mol. The number of carbonyl (C=O) groups excluding carboxylic acids is 1. The molecular weight excluding hydrogens is 376 g/mol. The number of hydrogen-bond acceptors (Lipinski definition) is 5. The van der Waals surface area contributed by atoms with Gasteiger partial charge in [-0.3, -0.25) is 4.79 Å². The fourth-order valence-corrected chi connectivity index (χ4v) is 2.56. The van der Waals surface area contributed by atoms with E-state index >= 15 is 0 Å². The summed E-state index contributed by atoms with van der Waals surface area (Å²) in [5.41, 5.74) is 1.19. The summed E-state index contributed by atoms with van der Waals surface area (Å²) < 4.78 is 15.9. The lowest BCUT2D eigenvalue weighted by Crippen LogP contribution is -1.97. The molecule has 0 aliphatic heterocycles. The van der Waals surface area contributed by atoms with E-state index < -0.39 is 0 Å². The van der Waals surface area contributed by atoms with Crippen LogP contribution < -0.4 is 14.2 Å². The first-order valence-corrected chi connectivity index (χ1v) is 7.80. The van der Waals surface area contributed by atoms with Crippen molar-refractivity contribution in [2.45, 2.75) is 0 Å². The topological polar surface area (TPSA) is 65.0 Å². The summed E-state index contributed by atoms with van der Waals surface area (Å²) in [5.74, 6) is 1.21. The Morgan fingerprint density at radius 3 is 2.29 bits per heavy atom. The van der Waals surface area contributed by atoms with Gasteiger partial charge in [-0.25, -0.2) is 0 Å². The normalized spacial score (nSPS) is 10.7. The zero-order valence-corrected chi connectivity index (χ0v) is 15.1. The fourth-order valence-electron chi connectivity index (χ4n) is 2.10. The van der Waals surface area contributed by atoms with Crippen LogP contribution in [0, 0.1) is 0 Å². The molecule has 1 N–H and O–H groups in total. The van der Waals surface area contributed by atoms with Crippen LogP contribution >= 0.6 is 15.9 Å². The number of ether oxygens (including phenoxy) is 3. The summed E-state index contributed by atoms with van der Waals surface area (Å²) in [7, 11) is 4.52. The van der Waals surface area contributed by atoms with Crippen molar-refractivity contribution in [3.05, 3.63) is 52.0 Å². The first-order chi connectivity index (χ1) is 11.5. The molecule has 0 aromatic heterocycles. The quantitative estimate of drug-likeness (QED) is 0.592. The second-order valence-electron chi connectivity index (χ2n) is 4.82. The third-order valence-corrected chi connectivity index (χ3v) is 3.97. The number of ketones is 1. The zero-order chi connectivity index (χ0) is 17.7. The maximum absolute atomic E-state index is 12.3. The third kappa shape index (κ3) is 3.89. The molecule has 0 aliphatic carbocycles. The first-order valence-electron chi connectivity index (χ1n) is 7.01. The van der Waals surface area contributed by atoms with Gasteiger partial charge in [-0.15, -0.1) is 0 Å². The SMILES string of the molecule is COc1ccc(C(=O)C=Cc2cc(Br)c(O)c(OC)c2)cc1OC. The predicted octanol–water partition coefficient (Wildman–Crippen LogP) is 4.08. The molecule has 0 fully saturated rings. The molecule has 0 amide bonds. The molecule has 2 aromatic carbocycles. The lowest BCUT2D eigenvalue weighted by atomic mass is 10.1. The Morgan fingerprint density at radius 1 is 1.00 bits per heavy atom. The molecule has 0 aliphatic rings. The number of aromatic hydroxyl groups is 1. The van der Waals surface area contributed by atoms with Gasteiger partial charge < -0.3 is 19.3 Å². The third-order valence-electron chi connectivity index (χ3n) is 3.37. The van der Waals surface area contributed by atoms with E-state index in [1.165, 1.54) is 27.4 Å². The number of hydrogen-bond donors (Lipinski definition) is 1. The van der Waals surface area contributed by atoms with E-state index in [-0.39, 0.29) is 11.5 Å². The molecule has 2 aromatic rings. The molecule has 6 heteroatoms. The Labute approximate surface area is 148 Å². The van der Waals surface area contributed by atoms with E-state index in [4.69, 9.17) is 14.2 Å². The van der Waals surface area contributed by atoms with E-state index in [1.54, 1.807) is 36.4 Å². The number of halogens is 1. The molecular formula is C18H17BrO5. The molecule has 0 spiro atoms. The van der Waals surface area contributed by atoms with E-state index in [2.05, 4.69) is 15.9 Å². The minimum Gasteiger partial charge on any atom is -0.503 e. The second kappa shape index (κ2) is 7.88. The largest absolute Gasteiger partial charge is 0.503 e. The van der Waals surface area contributed by atoms with Gasteiger partial charge in [0.25, 0.3) is 0 Å². The highest BCUT2D eigenvalue weighted by Gasteiger charge is 2.10. The Hall–Kier alpha value is -2.47. The molecule has 24 heavy (non-hydrogen) atoms. The van der Waals surface area contributed by atoms with Gasteiger partial charge in [0.15, 0.2) is 28.8 Å². The first kappa shape index (κ1) is 17.9. The van der Waals surface area contributed by atoms with Crippen LogP contribution in [0.2, 0.25) is 0 Å². The number of allylic oxidation sites excluding steroid dienone is 1. The van der Waals surface area contributed by atoms with Crippen LogP contribution in [0.25, 0.3) is 6.08 Å². The number of benzene rings is 2. The van der Waals surface area contributed by atoms with E-state index in [9.17, 15) is 9.90 Å². The van der Waals surface area contributed by atoms with Crippen molar-refractivity contribution in [2.24, 2.45) is 0 Å². The van der Waals surface area contributed by atoms with Gasteiger partial charge >= 0.3 is 0 Å². The summed E-state index contributed by atoms with van der Waals surface area (Å²) in [6, 6.07) is 8.30. The highest BCUT2D eigenvalue weighted by atomic mass is 79.9. The van der Waals surface area contributed by atoms with Crippen LogP contribution in [0.15, 0.2) is 40.9 Å². The summed E-state index contributed by atoms with van der Waals surface area (Å²) in [6.45, 7) is 0. The monoisotopic (exact) mass is 392 g/mol. The fraction of sp³-hybridized carbons (Fsp3) is 0.167. The van der Waals surface area contributed by atoms with Gasteiger partial charge in [0.05, 0.1) is 25.8 Å². The maximum atomic E-state index is 12.3. The van der Waals surface area contributed by atoms with Crippen molar-refractivity contribution in [3.63, 3.8) is 0 Å². The standard InChI is InChI=1S/C18H17BrO5/c1-22-15-7-5-12(10-16(15)23-2)14(20)6-4-11-8-13(19)18(21)17(9-11)24-3/h4-10,21H,1-3H3. The summed E-state index contributed by atoms with van der Waals surface area (Å²) in [4.78, 5) is 12.3. The molecule has 0 radical (unpaired) electrons. The molecule has 0 saturated carbocycles. The molecule has 0 saturated heterocycles.